The van der Waals surface area contributed by atoms with Crippen LogP contribution in [0.1, 0.15) is 45.4 Å². The fourth-order valence-corrected chi connectivity index (χ4v) is 2.44. The number of carbonyl (C=O) groups is 2. The Hall–Kier alpha value is -0.770. The zero-order chi connectivity index (χ0) is 12.7. The van der Waals surface area contributed by atoms with Crippen LogP contribution in [0.2, 0.25) is 0 Å². The fourth-order valence-electron chi connectivity index (χ4n) is 2.27. The topological polar surface area (TPSA) is 58.2 Å². The molecular formula is C12H21ClN2O2. The van der Waals surface area contributed by atoms with Crippen LogP contribution in [0.5, 0.6) is 0 Å². The van der Waals surface area contributed by atoms with Gasteiger partial charge in [-0.05, 0) is 25.7 Å². The second-order valence-electron chi connectivity index (χ2n) is 4.65. The molecular weight excluding hydrogens is 240 g/mol. The number of alkyl halides is 1. The van der Waals surface area contributed by atoms with Gasteiger partial charge in [0.2, 0.25) is 5.91 Å². The van der Waals surface area contributed by atoms with Crippen LogP contribution < -0.4 is 10.6 Å². The van der Waals surface area contributed by atoms with Crippen molar-refractivity contribution in [2.75, 3.05) is 5.88 Å². The highest BCUT2D eigenvalue weighted by Gasteiger charge is 2.21. The molecule has 4 nitrogen and oxygen atoms in total. The second-order valence-corrected chi connectivity index (χ2v) is 5.03. The number of hydrogen-bond donors (Lipinski definition) is 2. The maximum atomic E-state index is 11.5. The molecule has 0 aromatic rings. The first-order valence-electron chi connectivity index (χ1n) is 6.29. The van der Waals surface area contributed by atoms with E-state index in [9.17, 15) is 9.59 Å². The summed E-state index contributed by atoms with van der Waals surface area (Å²) in [7, 11) is 0. The van der Waals surface area contributed by atoms with Crippen LogP contribution in [0, 0.1) is 5.92 Å². The van der Waals surface area contributed by atoms with Crippen LogP contribution in [-0.4, -0.2) is 23.9 Å². The summed E-state index contributed by atoms with van der Waals surface area (Å²) < 4.78 is 0. The van der Waals surface area contributed by atoms with Gasteiger partial charge in [-0.2, -0.15) is 0 Å². The number of halogens is 1. The molecule has 3 amide bonds. The molecule has 1 unspecified atom stereocenters. The first kappa shape index (κ1) is 14.3. The molecule has 5 heteroatoms. The monoisotopic (exact) mass is 260 g/mol. The summed E-state index contributed by atoms with van der Waals surface area (Å²) in [5.74, 6) is 0.447. The van der Waals surface area contributed by atoms with Crippen molar-refractivity contribution in [1.29, 1.82) is 0 Å². The molecule has 1 rings (SSSR count). The van der Waals surface area contributed by atoms with Crippen molar-refractivity contribution in [2.24, 2.45) is 5.92 Å². The first-order chi connectivity index (χ1) is 8.13. The molecule has 0 aromatic carbocycles. The van der Waals surface area contributed by atoms with Crippen LogP contribution in [0.15, 0.2) is 0 Å². The summed E-state index contributed by atoms with van der Waals surface area (Å²) in [4.78, 5) is 22.7. The largest absolute Gasteiger partial charge is 0.335 e. The van der Waals surface area contributed by atoms with E-state index in [0.717, 1.165) is 12.8 Å². The van der Waals surface area contributed by atoms with E-state index < -0.39 is 6.03 Å². The van der Waals surface area contributed by atoms with Crippen LogP contribution in [0.4, 0.5) is 4.79 Å². The third-order valence-electron chi connectivity index (χ3n) is 3.29. The zero-order valence-electron chi connectivity index (χ0n) is 10.3. The van der Waals surface area contributed by atoms with Crippen molar-refractivity contribution in [3.05, 3.63) is 0 Å². The number of rotatable bonds is 4. The highest BCUT2D eigenvalue weighted by molar-refractivity contribution is 6.19. The van der Waals surface area contributed by atoms with E-state index in [1.165, 1.54) is 19.3 Å². The number of amides is 3. The minimum atomic E-state index is -0.404. The molecule has 0 aromatic heterocycles. The van der Waals surface area contributed by atoms with E-state index in [4.69, 9.17) is 11.6 Å². The smallest absolute Gasteiger partial charge is 0.321 e. The van der Waals surface area contributed by atoms with Gasteiger partial charge in [-0.15, -0.1) is 11.6 Å². The Morgan fingerprint density at radius 2 is 1.94 bits per heavy atom. The lowest BCUT2D eigenvalue weighted by molar-refractivity contribution is -0.119. The van der Waals surface area contributed by atoms with Crippen LogP contribution >= 0.6 is 11.6 Å². The van der Waals surface area contributed by atoms with Gasteiger partial charge in [-0.3, -0.25) is 10.1 Å². The quantitative estimate of drug-likeness (QED) is 0.763. The van der Waals surface area contributed by atoms with Crippen molar-refractivity contribution in [3.63, 3.8) is 0 Å². The third kappa shape index (κ3) is 5.39. The van der Waals surface area contributed by atoms with Gasteiger partial charge in [-0.25, -0.2) is 4.79 Å². The Kier molecular flexibility index (Phi) is 6.34. The summed E-state index contributed by atoms with van der Waals surface area (Å²) in [5.41, 5.74) is 0. The standard InChI is InChI=1S/C12H21ClN2O2/c1-9(10-5-3-2-4-6-10)14-12(17)15-11(16)7-8-13/h9-10H,2-8H2,1H3,(H2,14,15,16,17). The molecule has 0 saturated heterocycles. The van der Waals surface area contributed by atoms with E-state index in [1.54, 1.807) is 0 Å². The Morgan fingerprint density at radius 3 is 2.53 bits per heavy atom. The number of nitrogens with one attached hydrogen (secondary N) is 2. The maximum absolute atomic E-state index is 11.5. The van der Waals surface area contributed by atoms with Crippen LogP contribution in [-0.2, 0) is 4.79 Å². The highest BCUT2D eigenvalue weighted by Crippen LogP contribution is 2.26. The Balaban J connectivity index is 2.26. The lowest BCUT2D eigenvalue weighted by Gasteiger charge is -2.28. The molecule has 0 heterocycles. The molecule has 0 bridgehead atoms. The van der Waals surface area contributed by atoms with Gasteiger partial charge in [0, 0.05) is 18.3 Å². The van der Waals surface area contributed by atoms with Gasteiger partial charge in [0.15, 0.2) is 0 Å². The van der Waals surface area contributed by atoms with E-state index in [1.807, 2.05) is 6.92 Å². The predicted molar refractivity (Wildman–Crippen MR) is 68.0 cm³/mol. The molecule has 1 aliphatic carbocycles. The molecule has 2 N–H and O–H groups in total. The highest BCUT2D eigenvalue weighted by atomic mass is 35.5. The average Bonchev–Trinajstić information content (AvgIpc) is 2.30. The van der Waals surface area contributed by atoms with Gasteiger partial charge in [-0.1, -0.05) is 19.3 Å². The average molecular weight is 261 g/mol. The SMILES string of the molecule is CC(NC(=O)NC(=O)CCCl)C1CCCCC1. The van der Waals surface area contributed by atoms with Crippen molar-refractivity contribution < 1.29 is 9.59 Å². The van der Waals surface area contributed by atoms with Gasteiger partial charge in [0.05, 0.1) is 0 Å². The fraction of sp³-hybridized carbons (Fsp3) is 0.833. The Morgan fingerprint density at radius 1 is 1.29 bits per heavy atom. The minimum absolute atomic E-state index is 0.124. The second kappa shape index (κ2) is 7.54. The molecule has 98 valence electrons. The molecule has 1 fully saturated rings. The van der Waals surface area contributed by atoms with Crippen molar-refractivity contribution in [2.45, 2.75) is 51.5 Å². The van der Waals surface area contributed by atoms with E-state index in [2.05, 4.69) is 10.6 Å². The Labute approximate surface area is 107 Å². The summed E-state index contributed by atoms with van der Waals surface area (Å²) in [6, 6.07) is -0.280. The summed E-state index contributed by atoms with van der Waals surface area (Å²) in [5, 5.41) is 5.10. The summed E-state index contributed by atoms with van der Waals surface area (Å²) in [6.45, 7) is 2.00. The van der Waals surface area contributed by atoms with Crippen molar-refractivity contribution in [1.82, 2.24) is 10.6 Å². The van der Waals surface area contributed by atoms with E-state index in [0.29, 0.717) is 5.92 Å². The normalized spacial score (nSPS) is 18.5. The lowest BCUT2D eigenvalue weighted by atomic mass is 9.85. The number of carbonyl (C=O) groups excluding carboxylic acids is 2. The molecule has 1 saturated carbocycles. The van der Waals surface area contributed by atoms with Gasteiger partial charge >= 0.3 is 6.03 Å². The summed E-state index contributed by atoms with van der Waals surface area (Å²) >= 11 is 5.41. The summed E-state index contributed by atoms with van der Waals surface area (Å²) in [6.07, 6.45) is 6.28. The van der Waals surface area contributed by atoms with Crippen LogP contribution in [0.3, 0.4) is 0 Å². The Bertz CT molecular complexity index is 265. The number of imide groups is 1. The van der Waals surface area contributed by atoms with Gasteiger partial charge in [0.25, 0.3) is 0 Å². The molecule has 1 atom stereocenters. The molecule has 1 aliphatic rings. The van der Waals surface area contributed by atoms with Crippen molar-refractivity contribution in [3.8, 4) is 0 Å². The first-order valence-corrected chi connectivity index (χ1v) is 6.83. The zero-order valence-corrected chi connectivity index (χ0v) is 11.1. The third-order valence-corrected chi connectivity index (χ3v) is 3.48. The number of urea groups is 1. The van der Waals surface area contributed by atoms with E-state index in [-0.39, 0.29) is 24.2 Å². The number of hydrogen-bond acceptors (Lipinski definition) is 2. The van der Waals surface area contributed by atoms with Gasteiger partial charge in [0.1, 0.15) is 0 Å². The molecule has 0 spiro atoms. The molecule has 0 radical (unpaired) electrons. The predicted octanol–water partition coefficient (Wildman–Crippen LogP) is 2.41. The molecule has 0 aliphatic heterocycles. The molecule has 17 heavy (non-hydrogen) atoms. The minimum Gasteiger partial charge on any atom is -0.335 e. The van der Waals surface area contributed by atoms with Crippen molar-refractivity contribution >= 4 is 23.5 Å². The van der Waals surface area contributed by atoms with E-state index >= 15 is 0 Å². The van der Waals surface area contributed by atoms with Crippen LogP contribution in [0.25, 0.3) is 0 Å². The lowest BCUT2D eigenvalue weighted by Crippen LogP contribution is -2.46. The maximum Gasteiger partial charge on any atom is 0.321 e. The van der Waals surface area contributed by atoms with Gasteiger partial charge < -0.3 is 5.32 Å².